The van der Waals surface area contributed by atoms with Crippen LogP contribution in [-0.4, -0.2) is 33.1 Å². The van der Waals surface area contributed by atoms with E-state index in [-0.39, 0.29) is 22.8 Å². The van der Waals surface area contributed by atoms with Crippen LogP contribution in [0.15, 0.2) is 12.4 Å². The van der Waals surface area contributed by atoms with E-state index in [1.807, 2.05) is 0 Å². The Morgan fingerprint density at radius 2 is 2.12 bits per heavy atom. The van der Waals surface area contributed by atoms with Crippen LogP contribution in [0.2, 0.25) is 5.15 Å². The Balaban J connectivity index is 1.98. The van der Waals surface area contributed by atoms with Crippen molar-refractivity contribution in [3.63, 3.8) is 0 Å². The molecule has 1 fully saturated rings. The van der Waals surface area contributed by atoms with Gasteiger partial charge in [-0.1, -0.05) is 24.4 Å². The third kappa shape index (κ3) is 3.14. The molecule has 2 atom stereocenters. The molecular weight excluding hydrogens is 242 g/mol. The van der Waals surface area contributed by atoms with Crippen LogP contribution in [0.5, 0.6) is 0 Å². The maximum atomic E-state index is 11.8. The first-order valence-electron chi connectivity index (χ1n) is 5.63. The number of halogens is 1. The number of carbonyl (C=O) groups excluding carboxylic acids is 1. The Morgan fingerprint density at radius 1 is 1.35 bits per heavy atom. The zero-order valence-electron chi connectivity index (χ0n) is 9.27. The Morgan fingerprint density at radius 3 is 2.76 bits per heavy atom. The summed E-state index contributed by atoms with van der Waals surface area (Å²) in [4.78, 5) is 19.5. The maximum absolute atomic E-state index is 11.8. The highest BCUT2D eigenvalue weighted by Gasteiger charge is 2.25. The molecule has 0 radical (unpaired) electrons. The Kier molecular flexibility index (Phi) is 3.91. The average molecular weight is 256 g/mol. The highest BCUT2D eigenvalue weighted by Crippen LogP contribution is 2.18. The van der Waals surface area contributed by atoms with Crippen molar-refractivity contribution in [3.8, 4) is 0 Å². The van der Waals surface area contributed by atoms with Crippen LogP contribution in [0.1, 0.15) is 36.2 Å². The topological polar surface area (TPSA) is 75.1 Å². The summed E-state index contributed by atoms with van der Waals surface area (Å²) < 4.78 is 0. The molecule has 0 aliphatic heterocycles. The van der Waals surface area contributed by atoms with Gasteiger partial charge in [-0.2, -0.15) is 0 Å². The summed E-state index contributed by atoms with van der Waals surface area (Å²) in [5, 5.41) is 12.8. The predicted molar refractivity (Wildman–Crippen MR) is 62.8 cm³/mol. The number of hydrogen-bond acceptors (Lipinski definition) is 4. The molecule has 0 saturated heterocycles. The van der Waals surface area contributed by atoms with E-state index in [1.54, 1.807) is 0 Å². The monoisotopic (exact) mass is 255 g/mol. The lowest BCUT2D eigenvalue weighted by molar-refractivity contribution is 0.0713. The van der Waals surface area contributed by atoms with Crippen LogP contribution < -0.4 is 5.32 Å². The zero-order chi connectivity index (χ0) is 12.3. The van der Waals surface area contributed by atoms with E-state index < -0.39 is 6.10 Å². The lowest BCUT2D eigenvalue weighted by Gasteiger charge is -2.28. The highest BCUT2D eigenvalue weighted by molar-refractivity contribution is 6.29. The van der Waals surface area contributed by atoms with Gasteiger partial charge in [0, 0.05) is 0 Å². The van der Waals surface area contributed by atoms with Crippen LogP contribution in [0.25, 0.3) is 0 Å². The minimum Gasteiger partial charge on any atom is -0.391 e. The van der Waals surface area contributed by atoms with Gasteiger partial charge in [0.15, 0.2) is 0 Å². The van der Waals surface area contributed by atoms with Gasteiger partial charge in [0.2, 0.25) is 0 Å². The number of carbonyl (C=O) groups is 1. The third-order valence-corrected chi connectivity index (χ3v) is 3.09. The van der Waals surface area contributed by atoms with E-state index in [1.165, 1.54) is 12.4 Å². The number of aliphatic hydroxyl groups excluding tert-OH is 1. The molecule has 2 unspecified atom stereocenters. The molecule has 1 aliphatic rings. The first kappa shape index (κ1) is 12.3. The van der Waals surface area contributed by atoms with Gasteiger partial charge in [-0.05, 0) is 12.8 Å². The van der Waals surface area contributed by atoms with Crippen LogP contribution in [0.4, 0.5) is 0 Å². The lowest BCUT2D eigenvalue weighted by atomic mass is 9.92. The predicted octanol–water partition coefficient (Wildman–Crippen LogP) is 1.16. The summed E-state index contributed by atoms with van der Waals surface area (Å²) in [7, 11) is 0. The molecule has 2 N–H and O–H groups in total. The van der Waals surface area contributed by atoms with Gasteiger partial charge < -0.3 is 10.4 Å². The summed E-state index contributed by atoms with van der Waals surface area (Å²) in [5.41, 5.74) is 0.215. The number of nitrogens with one attached hydrogen (secondary N) is 1. The van der Waals surface area contributed by atoms with Gasteiger partial charge in [0.1, 0.15) is 10.8 Å². The molecule has 0 spiro atoms. The van der Waals surface area contributed by atoms with Crippen molar-refractivity contribution in [1.29, 1.82) is 0 Å². The van der Waals surface area contributed by atoms with Crippen LogP contribution >= 0.6 is 11.6 Å². The Hall–Kier alpha value is -1.20. The van der Waals surface area contributed by atoms with Gasteiger partial charge in [0.05, 0.1) is 24.5 Å². The van der Waals surface area contributed by atoms with Crippen LogP contribution in [-0.2, 0) is 0 Å². The summed E-state index contributed by atoms with van der Waals surface area (Å²) in [6, 6.07) is -0.186. The number of hydrogen-bond donors (Lipinski definition) is 2. The van der Waals surface area contributed by atoms with Crippen molar-refractivity contribution in [2.24, 2.45) is 0 Å². The van der Waals surface area contributed by atoms with E-state index in [0.29, 0.717) is 0 Å². The summed E-state index contributed by atoms with van der Waals surface area (Å²) in [6.07, 6.45) is 5.75. The fourth-order valence-electron chi connectivity index (χ4n) is 1.95. The normalized spacial score (nSPS) is 24.4. The van der Waals surface area contributed by atoms with E-state index in [9.17, 15) is 9.90 Å². The number of rotatable bonds is 2. The fraction of sp³-hybridized carbons (Fsp3) is 0.545. The quantitative estimate of drug-likeness (QED) is 0.832. The van der Waals surface area contributed by atoms with Crippen LogP contribution in [0.3, 0.4) is 0 Å². The van der Waals surface area contributed by atoms with Crippen molar-refractivity contribution in [2.75, 3.05) is 0 Å². The fourth-order valence-corrected chi connectivity index (χ4v) is 2.05. The maximum Gasteiger partial charge on any atom is 0.271 e. The highest BCUT2D eigenvalue weighted by atomic mass is 35.5. The second-order valence-corrected chi connectivity index (χ2v) is 4.54. The first-order valence-corrected chi connectivity index (χ1v) is 6.01. The van der Waals surface area contributed by atoms with Crippen molar-refractivity contribution >= 4 is 17.5 Å². The van der Waals surface area contributed by atoms with Gasteiger partial charge in [-0.25, -0.2) is 9.97 Å². The largest absolute Gasteiger partial charge is 0.391 e. The SMILES string of the molecule is O=C(NC1CCCCC1O)c1cnc(Cl)cn1. The van der Waals surface area contributed by atoms with Crippen molar-refractivity contribution < 1.29 is 9.90 Å². The summed E-state index contributed by atoms with van der Waals surface area (Å²) >= 11 is 5.59. The molecule has 1 aromatic rings. The minimum absolute atomic E-state index is 0.186. The second-order valence-electron chi connectivity index (χ2n) is 4.16. The molecule has 1 saturated carbocycles. The zero-order valence-corrected chi connectivity index (χ0v) is 10.0. The molecule has 1 aliphatic carbocycles. The molecule has 2 rings (SSSR count). The molecule has 92 valence electrons. The lowest BCUT2D eigenvalue weighted by Crippen LogP contribution is -2.45. The Labute approximate surface area is 104 Å². The number of nitrogens with zero attached hydrogens (tertiary/aromatic N) is 2. The van der Waals surface area contributed by atoms with E-state index >= 15 is 0 Å². The summed E-state index contributed by atoms with van der Waals surface area (Å²) in [6.45, 7) is 0. The molecule has 1 aromatic heterocycles. The summed E-state index contributed by atoms with van der Waals surface area (Å²) in [5.74, 6) is -0.319. The van der Waals surface area contributed by atoms with E-state index in [2.05, 4.69) is 15.3 Å². The van der Waals surface area contributed by atoms with Gasteiger partial charge in [-0.3, -0.25) is 4.79 Å². The molecule has 1 amide bonds. The standard InChI is InChI=1S/C11H14ClN3O2/c12-10-6-13-8(5-14-10)11(17)15-7-3-1-2-4-9(7)16/h5-7,9,16H,1-4H2,(H,15,17). The van der Waals surface area contributed by atoms with Gasteiger partial charge in [-0.15, -0.1) is 0 Å². The molecule has 1 heterocycles. The molecule has 0 bridgehead atoms. The smallest absolute Gasteiger partial charge is 0.271 e. The third-order valence-electron chi connectivity index (χ3n) is 2.90. The molecule has 0 aromatic carbocycles. The van der Waals surface area contributed by atoms with E-state index in [0.717, 1.165) is 25.7 Å². The molecule has 17 heavy (non-hydrogen) atoms. The molecule has 5 nitrogen and oxygen atoms in total. The van der Waals surface area contributed by atoms with Crippen molar-refractivity contribution in [2.45, 2.75) is 37.8 Å². The molecule has 6 heteroatoms. The Bertz CT molecular complexity index is 396. The minimum atomic E-state index is -0.465. The van der Waals surface area contributed by atoms with Crippen molar-refractivity contribution in [1.82, 2.24) is 15.3 Å². The van der Waals surface area contributed by atoms with Gasteiger partial charge >= 0.3 is 0 Å². The number of amides is 1. The molecular formula is C11H14ClN3O2. The second kappa shape index (κ2) is 5.42. The number of aliphatic hydroxyl groups is 1. The first-order chi connectivity index (χ1) is 8.16. The van der Waals surface area contributed by atoms with Crippen molar-refractivity contribution in [3.05, 3.63) is 23.2 Å². The van der Waals surface area contributed by atoms with Gasteiger partial charge in [0.25, 0.3) is 5.91 Å². The number of aromatic nitrogens is 2. The van der Waals surface area contributed by atoms with Crippen LogP contribution in [0, 0.1) is 0 Å². The average Bonchev–Trinajstić information content (AvgIpc) is 2.33. The van der Waals surface area contributed by atoms with E-state index in [4.69, 9.17) is 11.6 Å².